The van der Waals surface area contributed by atoms with Gasteiger partial charge in [-0.1, -0.05) is 24.3 Å². The molecule has 0 saturated carbocycles. The van der Waals surface area contributed by atoms with E-state index in [4.69, 9.17) is 0 Å². The van der Waals surface area contributed by atoms with Crippen molar-refractivity contribution in [2.24, 2.45) is 0 Å². The Morgan fingerprint density at radius 1 is 0.943 bits per heavy atom. The molecular weight excluding hydrogens is 463 g/mol. The van der Waals surface area contributed by atoms with E-state index in [1.165, 1.54) is 12.1 Å². The first-order chi connectivity index (χ1) is 16.7. The van der Waals surface area contributed by atoms with Crippen LogP contribution in [0.2, 0.25) is 0 Å². The molecule has 1 aliphatic heterocycles. The lowest BCUT2D eigenvalue weighted by molar-refractivity contribution is 0.187. The van der Waals surface area contributed by atoms with Crippen LogP contribution in [0, 0.1) is 12.7 Å². The fraction of sp³-hybridized carbons (Fsp3) is 0.333. The number of nitrogens with zero attached hydrogens (tertiary/aromatic N) is 3. The minimum absolute atomic E-state index is 0.110. The van der Waals surface area contributed by atoms with Crippen molar-refractivity contribution in [3.05, 3.63) is 89.7 Å². The van der Waals surface area contributed by atoms with Crippen LogP contribution >= 0.6 is 0 Å². The molecule has 0 aliphatic carbocycles. The Kier molecular flexibility index (Phi) is 7.74. The maximum Gasteiger partial charge on any atom is 0.240 e. The first kappa shape index (κ1) is 25.2. The molecule has 0 aromatic heterocycles. The lowest BCUT2D eigenvalue weighted by Crippen LogP contribution is -2.49. The van der Waals surface area contributed by atoms with Gasteiger partial charge >= 0.3 is 0 Å². The smallest absolute Gasteiger partial charge is 0.240 e. The molecule has 35 heavy (non-hydrogen) atoms. The first-order valence-electron chi connectivity index (χ1n) is 11.8. The second-order valence-corrected chi connectivity index (χ2v) is 10.9. The van der Waals surface area contributed by atoms with Gasteiger partial charge in [-0.2, -0.15) is 0 Å². The van der Waals surface area contributed by atoms with Gasteiger partial charge in [-0.05, 0) is 66.6 Å². The van der Waals surface area contributed by atoms with E-state index in [9.17, 15) is 12.8 Å². The quantitative estimate of drug-likeness (QED) is 0.510. The molecule has 1 aliphatic rings. The van der Waals surface area contributed by atoms with E-state index < -0.39 is 10.0 Å². The van der Waals surface area contributed by atoms with Gasteiger partial charge in [-0.3, -0.25) is 4.90 Å². The maximum absolute atomic E-state index is 13.3. The standard InChI is InChI=1S/C27H33FN4O2S/c1-21-5-4-6-26(19-21)35(33,34)29-20-27(22-7-11-24(12-8-22)30(2)3)32-17-15-31(16-18-32)25-13-9-23(28)10-14-25/h4-14,19,27,29H,15-18,20H2,1-3H3/t27-/m0/s1. The number of aryl methyl sites for hydroxylation is 1. The third-order valence-corrected chi connectivity index (χ3v) is 7.93. The molecule has 0 amide bonds. The van der Waals surface area contributed by atoms with Gasteiger partial charge in [0.05, 0.1) is 4.90 Å². The molecule has 1 fully saturated rings. The predicted octanol–water partition coefficient (Wildman–Crippen LogP) is 4.04. The fourth-order valence-corrected chi connectivity index (χ4v) is 5.59. The van der Waals surface area contributed by atoms with Crippen LogP contribution in [0.4, 0.5) is 15.8 Å². The Balaban J connectivity index is 1.52. The Morgan fingerprint density at radius 2 is 1.60 bits per heavy atom. The minimum Gasteiger partial charge on any atom is -0.378 e. The highest BCUT2D eigenvalue weighted by Gasteiger charge is 2.27. The van der Waals surface area contributed by atoms with Gasteiger partial charge < -0.3 is 9.80 Å². The molecule has 1 N–H and O–H groups in total. The Labute approximate surface area is 208 Å². The number of piperazine rings is 1. The van der Waals surface area contributed by atoms with E-state index >= 15 is 0 Å². The largest absolute Gasteiger partial charge is 0.378 e. The van der Waals surface area contributed by atoms with E-state index in [-0.39, 0.29) is 23.3 Å². The van der Waals surface area contributed by atoms with Crippen molar-refractivity contribution in [3.8, 4) is 0 Å². The third kappa shape index (κ3) is 6.20. The van der Waals surface area contributed by atoms with Crippen LogP contribution in [0.15, 0.2) is 77.7 Å². The minimum atomic E-state index is -3.63. The van der Waals surface area contributed by atoms with Crippen LogP contribution in [0.3, 0.4) is 0 Å². The number of sulfonamides is 1. The molecule has 3 aromatic carbocycles. The van der Waals surface area contributed by atoms with E-state index in [2.05, 4.69) is 38.8 Å². The predicted molar refractivity (Wildman–Crippen MR) is 140 cm³/mol. The molecule has 4 rings (SSSR count). The number of hydrogen-bond donors (Lipinski definition) is 1. The van der Waals surface area contributed by atoms with Crippen molar-refractivity contribution in [1.29, 1.82) is 0 Å². The molecule has 0 unspecified atom stereocenters. The van der Waals surface area contributed by atoms with Crippen molar-refractivity contribution >= 4 is 21.4 Å². The summed E-state index contributed by atoms with van der Waals surface area (Å²) in [6.07, 6.45) is 0. The van der Waals surface area contributed by atoms with Gasteiger partial charge in [0.2, 0.25) is 10.0 Å². The highest BCUT2D eigenvalue weighted by atomic mass is 32.2. The SMILES string of the molecule is Cc1cccc(S(=O)(=O)NC[C@@H](c2ccc(N(C)C)cc2)N2CCN(c3ccc(F)cc3)CC2)c1. The molecule has 8 heteroatoms. The monoisotopic (exact) mass is 496 g/mol. The number of anilines is 2. The van der Waals surface area contributed by atoms with Gasteiger partial charge in [-0.15, -0.1) is 0 Å². The van der Waals surface area contributed by atoms with Crippen molar-refractivity contribution < 1.29 is 12.8 Å². The van der Waals surface area contributed by atoms with Crippen LogP contribution in [-0.2, 0) is 10.0 Å². The fourth-order valence-electron chi connectivity index (χ4n) is 4.45. The van der Waals surface area contributed by atoms with Gasteiger partial charge in [0.25, 0.3) is 0 Å². The summed E-state index contributed by atoms with van der Waals surface area (Å²) in [7, 11) is 0.360. The number of nitrogens with one attached hydrogen (secondary N) is 1. The molecular formula is C27H33FN4O2S. The topological polar surface area (TPSA) is 55.9 Å². The first-order valence-corrected chi connectivity index (χ1v) is 13.3. The molecule has 1 heterocycles. The zero-order chi connectivity index (χ0) is 25.0. The molecule has 1 saturated heterocycles. The van der Waals surface area contributed by atoms with Crippen molar-refractivity contribution in [1.82, 2.24) is 9.62 Å². The molecule has 186 valence electrons. The normalized spacial score (nSPS) is 15.7. The Hall–Kier alpha value is -2.94. The van der Waals surface area contributed by atoms with Crippen molar-refractivity contribution in [2.45, 2.75) is 17.9 Å². The summed E-state index contributed by atoms with van der Waals surface area (Å²) in [5.41, 5.74) is 4.06. The second-order valence-electron chi connectivity index (χ2n) is 9.17. The number of rotatable bonds is 8. The molecule has 0 radical (unpaired) electrons. The highest BCUT2D eigenvalue weighted by molar-refractivity contribution is 7.89. The van der Waals surface area contributed by atoms with Gasteiger partial charge in [0, 0.05) is 64.2 Å². The Morgan fingerprint density at radius 3 is 2.20 bits per heavy atom. The van der Waals surface area contributed by atoms with Crippen LogP contribution in [0.1, 0.15) is 17.2 Å². The summed E-state index contributed by atoms with van der Waals surface area (Å²) in [5.74, 6) is -0.241. The summed E-state index contributed by atoms with van der Waals surface area (Å²) in [6.45, 7) is 5.25. The van der Waals surface area contributed by atoms with Gasteiger partial charge in [0.1, 0.15) is 5.82 Å². The summed E-state index contributed by atoms with van der Waals surface area (Å²) in [6, 6.07) is 21.7. The summed E-state index contributed by atoms with van der Waals surface area (Å²) >= 11 is 0. The van der Waals surface area contributed by atoms with E-state index in [1.807, 2.05) is 32.0 Å². The van der Waals surface area contributed by atoms with Crippen LogP contribution in [0.25, 0.3) is 0 Å². The van der Waals surface area contributed by atoms with Crippen molar-refractivity contribution in [2.75, 3.05) is 56.6 Å². The molecule has 3 aromatic rings. The van der Waals surface area contributed by atoms with Gasteiger partial charge in [-0.25, -0.2) is 17.5 Å². The third-order valence-electron chi connectivity index (χ3n) is 6.51. The van der Waals surface area contributed by atoms with E-state index in [1.54, 1.807) is 30.3 Å². The zero-order valence-corrected chi connectivity index (χ0v) is 21.3. The van der Waals surface area contributed by atoms with Crippen LogP contribution < -0.4 is 14.5 Å². The van der Waals surface area contributed by atoms with E-state index in [0.29, 0.717) is 0 Å². The molecule has 6 nitrogen and oxygen atoms in total. The summed E-state index contributed by atoms with van der Waals surface area (Å²) < 4.78 is 42.2. The lowest BCUT2D eigenvalue weighted by atomic mass is 10.0. The molecule has 1 atom stereocenters. The lowest BCUT2D eigenvalue weighted by Gasteiger charge is -2.40. The second kappa shape index (κ2) is 10.8. The summed E-state index contributed by atoms with van der Waals surface area (Å²) in [5, 5.41) is 0. The van der Waals surface area contributed by atoms with Crippen LogP contribution in [-0.4, -0.2) is 60.1 Å². The number of hydrogen-bond acceptors (Lipinski definition) is 5. The number of benzene rings is 3. The van der Waals surface area contributed by atoms with Crippen LogP contribution in [0.5, 0.6) is 0 Å². The average molecular weight is 497 g/mol. The highest BCUT2D eigenvalue weighted by Crippen LogP contribution is 2.26. The zero-order valence-electron chi connectivity index (χ0n) is 20.5. The van der Waals surface area contributed by atoms with E-state index in [0.717, 1.165) is 48.7 Å². The number of halogens is 1. The van der Waals surface area contributed by atoms with Gasteiger partial charge in [0.15, 0.2) is 0 Å². The molecule has 0 spiro atoms. The summed E-state index contributed by atoms with van der Waals surface area (Å²) in [4.78, 5) is 6.88. The van der Waals surface area contributed by atoms with Crippen molar-refractivity contribution in [3.63, 3.8) is 0 Å². The average Bonchev–Trinajstić information content (AvgIpc) is 2.85. The maximum atomic E-state index is 13.3. The molecule has 0 bridgehead atoms. The Bertz CT molecular complexity index is 1220.